The lowest BCUT2D eigenvalue weighted by Gasteiger charge is -2.35. The first kappa shape index (κ1) is 19.0. The van der Waals surface area contributed by atoms with Crippen LogP contribution in [0.1, 0.15) is 20.3 Å². The van der Waals surface area contributed by atoms with Crippen LogP contribution in [0.4, 0.5) is 0 Å². The largest absolute Gasteiger partial charge is 0.389 e. The second-order valence-electron chi connectivity index (χ2n) is 6.92. The summed E-state index contributed by atoms with van der Waals surface area (Å²) in [6, 6.07) is 32.5. The van der Waals surface area contributed by atoms with Crippen LogP contribution in [-0.4, -0.2) is 23.7 Å². The summed E-state index contributed by atoms with van der Waals surface area (Å²) in [5.74, 6) is 0.717. The normalized spacial score (nSPS) is 14.0. The van der Waals surface area contributed by atoms with Crippen molar-refractivity contribution in [3.8, 4) is 0 Å². The van der Waals surface area contributed by atoms with E-state index in [1.54, 1.807) is 0 Å². The molecule has 0 radical (unpaired) electrons. The predicted molar refractivity (Wildman–Crippen MR) is 117 cm³/mol. The molecule has 3 aromatic carbocycles. The summed E-state index contributed by atoms with van der Waals surface area (Å²) < 4.78 is 0. The molecule has 1 atom stereocenters. The summed E-state index contributed by atoms with van der Waals surface area (Å²) in [6.07, 6.45) is 0.753. The van der Waals surface area contributed by atoms with Gasteiger partial charge in [-0.1, -0.05) is 97.9 Å². The summed E-state index contributed by atoms with van der Waals surface area (Å²) in [5, 5.41) is 14.8. The van der Waals surface area contributed by atoms with Crippen molar-refractivity contribution in [3.63, 3.8) is 0 Å². The molecule has 1 nitrogen and oxygen atoms in total. The van der Waals surface area contributed by atoms with E-state index in [9.17, 15) is 5.11 Å². The van der Waals surface area contributed by atoms with E-state index in [2.05, 4.69) is 97.9 Å². The Balaban J connectivity index is 2.21. The molecular weight excluding hydrogens is 352 g/mol. The van der Waals surface area contributed by atoms with Crippen LogP contribution in [0.15, 0.2) is 91.0 Å². The van der Waals surface area contributed by atoms with E-state index in [1.165, 1.54) is 15.6 Å². The summed E-state index contributed by atoms with van der Waals surface area (Å²) in [5.41, 5.74) is -0.665. The van der Waals surface area contributed by atoms with Gasteiger partial charge >= 0.3 is 0 Å². The Bertz CT molecular complexity index is 707. The molecule has 26 heavy (non-hydrogen) atoms. The number of hydrogen-bond acceptors (Lipinski definition) is 2. The first-order valence-electron chi connectivity index (χ1n) is 9.11. The zero-order valence-corrected chi connectivity index (χ0v) is 17.2. The smallest absolute Gasteiger partial charge is 0.209 e. The van der Waals surface area contributed by atoms with Crippen molar-refractivity contribution < 1.29 is 5.11 Å². The van der Waals surface area contributed by atoms with Crippen molar-refractivity contribution >= 4 is 34.0 Å². The molecule has 0 fully saturated rings. The number of hydrogen-bond donors (Lipinski definition) is 1. The van der Waals surface area contributed by atoms with Gasteiger partial charge in [0.15, 0.2) is 0 Å². The summed E-state index contributed by atoms with van der Waals surface area (Å²) in [7, 11) is -2.29. The lowest BCUT2D eigenvalue weighted by Crippen LogP contribution is -2.65. The predicted octanol–water partition coefficient (Wildman–Crippen LogP) is 3.55. The lowest BCUT2D eigenvalue weighted by atomic mass is 10.1. The summed E-state index contributed by atoms with van der Waals surface area (Å²) in [6.45, 7) is 4.00. The van der Waals surface area contributed by atoms with Gasteiger partial charge in [0.25, 0.3) is 0 Å². The Morgan fingerprint density at radius 1 is 0.731 bits per heavy atom. The van der Waals surface area contributed by atoms with Gasteiger partial charge in [-0.2, -0.15) is 11.2 Å². The molecule has 0 aliphatic carbocycles. The Kier molecular flexibility index (Phi) is 6.02. The van der Waals surface area contributed by atoms with Crippen molar-refractivity contribution in [3.05, 3.63) is 91.0 Å². The second kappa shape index (κ2) is 8.25. The number of rotatable bonds is 7. The van der Waals surface area contributed by atoms with E-state index < -0.39 is 12.8 Å². The van der Waals surface area contributed by atoms with E-state index in [4.69, 9.17) is 0 Å². The summed E-state index contributed by atoms with van der Waals surface area (Å²) in [4.78, 5) is 0. The number of aliphatic hydroxyl groups is 1. The van der Waals surface area contributed by atoms with E-state index in [0.717, 1.165) is 6.42 Å². The minimum absolute atomic E-state index is 0.665. The molecule has 0 amide bonds. The van der Waals surface area contributed by atoms with Gasteiger partial charge in [-0.15, -0.1) is 0 Å². The zero-order chi connectivity index (χ0) is 18.5. The molecule has 0 saturated heterocycles. The fraction of sp³-hybridized carbons (Fsp3) is 0.217. The van der Waals surface area contributed by atoms with Gasteiger partial charge in [-0.3, -0.25) is 0 Å². The molecule has 0 saturated carbocycles. The van der Waals surface area contributed by atoms with Gasteiger partial charge < -0.3 is 5.11 Å². The van der Waals surface area contributed by atoms with Crippen molar-refractivity contribution in [2.24, 2.45) is 0 Å². The third-order valence-corrected chi connectivity index (χ3v) is 13.4. The van der Waals surface area contributed by atoms with Crippen LogP contribution in [0.3, 0.4) is 0 Å². The topological polar surface area (TPSA) is 20.2 Å². The Labute approximate surface area is 161 Å². The van der Waals surface area contributed by atoms with Crippen molar-refractivity contribution in [1.29, 1.82) is 0 Å². The highest BCUT2D eigenvalue weighted by Crippen LogP contribution is 2.26. The van der Waals surface area contributed by atoms with Crippen LogP contribution >= 0.6 is 11.2 Å². The zero-order valence-electron chi connectivity index (χ0n) is 15.4. The van der Waals surface area contributed by atoms with E-state index >= 15 is 0 Å². The molecule has 0 aliphatic heterocycles. The molecule has 134 valence electrons. The quantitative estimate of drug-likeness (QED) is 0.501. The molecule has 0 spiro atoms. The van der Waals surface area contributed by atoms with Gasteiger partial charge in [-0.05, 0) is 28.9 Å². The van der Waals surface area contributed by atoms with Gasteiger partial charge in [0.05, 0.1) is 5.60 Å². The standard InChI is InChI=1S/C23H26OSSi/c1-3-23(2,24)19-25-26(20-13-7-4-8-14-20,21-15-9-5-10-16-21)22-17-11-6-12-18-22/h4-18,24H,3,19H2,1-2H3. The fourth-order valence-electron chi connectivity index (χ4n) is 3.13. The second-order valence-corrected chi connectivity index (χ2v) is 13.3. The third kappa shape index (κ3) is 3.95. The maximum absolute atomic E-state index is 10.7. The minimum atomic E-state index is -2.29. The Hall–Kier alpha value is -1.81. The molecule has 0 bridgehead atoms. The fourth-order valence-corrected chi connectivity index (χ4v) is 11.7. The van der Waals surface area contributed by atoms with Gasteiger partial charge in [-0.25, -0.2) is 0 Å². The third-order valence-electron chi connectivity index (χ3n) is 4.90. The molecule has 1 unspecified atom stereocenters. The van der Waals surface area contributed by atoms with E-state index in [0.29, 0.717) is 5.75 Å². The van der Waals surface area contributed by atoms with Crippen molar-refractivity contribution in [2.45, 2.75) is 25.9 Å². The molecule has 3 aromatic rings. The van der Waals surface area contributed by atoms with E-state index in [1.807, 2.05) is 18.1 Å². The van der Waals surface area contributed by atoms with Crippen molar-refractivity contribution in [1.82, 2.24) is 0 Å². The molecule has 3 rings (SSSR count). The van der Waals surface area contributed by atoms with Crippen LogP contribution < -0.4 is 15.6 Å². The van der Waals surface area contributed by atoms with Crippen LogP contribution in [0, 0.1) is 0 Å². The highest BCUT2D eigenvalue weighted by Gasteiger charge is 2.41. The van der Waals surface area contributed by atoms with Gasteiger partial charge in [0, 0.05) is 5.75 Å². The molecule has 0 heterocycles. The van der Waals surface area contributed by atoms with Gasteiger partial charge in [0.2, 0.25) is 7.22 Å². The van der Waals surface area contributed by atoms with Crippen LogP contribution in [-0.2, 0) is 0 Å². The van der Waals surface area contributed by atoms with Crippen LogP contribution in [0.25, 0.3) is 0 Å². The van der Waals surface area contributed by atoms with Crippen molar-refractivity contribution in [2.75, 3.05) is 5.75 Å². The lowest BCUT2D eigenvalue weighted by molar-refractivity contribution is 0.0818. The Morgan fingerprint density at radius 2 is 1.08 bits per heavy atom. The first-order chi connectivity index (χ1) is 12.6. The molecular formula is C23H26OSSi. The van der Waals surface area contributed by atoms with E-state index in [-0.39, 0.29) is 0 Å². The average molecular weight is 379 g/mol. The molecule has 0 aliphatic rings. The maximum atomic E-state index is 10.7. The average Bonchev–Trinajstić information content (AvgIpc) is 2.71. The number of benzene rings is 3. The minimum Gasteiger partial charge on any atom is -0.389 e. The molecule has 1 N–H and O–H groups in total. The maximum Gasteiger partial charge on any atom is 0.209 e. The first-order valence-corrected chi connectivity index (χ1v) is 12.8. The molecule has 0 aromatic heterocycles. The monoisotopic (exact) mass is 378 g/mol. The highest BCUT2D eigenvalue weighted by atomic mass is 32.4. The van der Waals surface area contributed by atoms with Gasteiger partial charge in [0.1, 0.15) is 0 Å². The summed E-state index contributed by atoms with van der Waals surface area (Å²) >= 11 is 1.95. The van der Waals surface area contributed by atoms with Crippen LogP contribution in [0.5, 0.6) is 0 Å². The van der Waals surface area contributed by atoms with Crippen LogP contribution in [0.2, 0.25) is 0 Å². The Morgan fingerprint density at radius 3 is 1.38 bits per heavy atom. The highest BCUT2D eigenvalue weighted by molar-refractivity contribution is 8.33. The molecule has 3 heteroatoms. The SMILES string of the molecule is CCC(C)(O)CS[Si](c1ccccc1)(c1ccccc1)c1ccccc1.